The molecule has 0 spiro atoms. The van der Waals surface area contributed by atoms with Crippen LogP contribution in [0.1, 0.15) is 19.8 Å². The number of aliphatic carboxylic acids is 1. The normalized spacial score (nSPS) is 10.1. The molecule has 0 saturated carbocycles. The van der Waals surface area contributed by atoms with Gasteiger partial charge in [0.05, 0.1) is 13.2 Å². The van der Waals surface area contributed by atoms with Gasteiger partial charge >= 0.3 is 12.0 Å². The number of nitrogens with zero attached hydrogens (tertiary/aromatic N) is 1. The van der Waals surface area contributed by atoms with Crippen LogP contribution in [0, 0.1) is 0 Å². The molecule has 0 bridgehead atoms. The van der Waals surface area contributed by atoms with Crippen molar-refractivity contribution in [3.8, 4) is 0 Å². The van der Waals surface area contributed by atoms with E-state index >= 15 is 0 Å². The van der Waals surface area contributed by atoms with Gasteiger partial charge in [-0.25, -0.2) is 9.59 Å². The summed E-state index contributed by atoms with van der Waals surface area (Å²) in [5, 5.41) is 19.8. The minimum atomic E-state index is -1.04. The lowest BCUT2D eigenvalue weighted by Crippen LogP contribution is -2.43. The van der Waals surface area contributed by atoms with E-state index in [1.807, 2.05) is 6.92 Å². The van der Waals surface area contributed by atoms with Gasteiger partial charge in [0.2, 0.25) is 0 Å². The van der Waals surface area contributed by atoms with Crippen LogP contribution in [0.25, 0.3) is 0 Å². The number of amides is 2. The van der Waals surface area contributed by atoms with Crippen molar-refractivity contribution in [1.82, 2.24) is 10.2 Å². The SMILES string of the molecule is CCCCN(CCO)C(=O)NCCOCC(=O)O. The first-order valence-electron chi connectivity index (χ1n) is 6.05. The van der Waals surface area contributed by atoms with E-state index in [9.17, 15) is 9.59 Å². The first-order chi connectivity index (χ1) is 8.61. The third kappa shape index (κ3) is 8.77. The molecule has 0 atom stereocenters. The van der Waals surface area contributed by atoms with Crippen molar-refractivity contribution < 1.29 is 24.5 Å². The van der Waals surface area contributed by atoms with E-state index in [1.165, 1.54) is 4.90 Å². The summed E-state index contributed by atoms with van der Waals surface area (Å²) >= 11 is 0. The van der Waals surface area contributed by atoms with Crippen LogP contribution in [0.2, 0.25) is 0 Å². The monoisotopic (exact) mass is 262 g/mol. The molecular formula is C11H22N2O5. The molecule has 0 aromatic rings. The van der Waals surface area contributed by atoms with Gasteiger partial charge in [0, 0.05) is 19.6 Å². The Labute approximate surface area is 107 Å². The topological polar surface area (TPSA) is 99.1 Å². The molecule has 0 unspecified atom stereocenters. The fraction of sp³-hybridized carbons (Fsp3) is 0.818. The van der Waals surface area contributed by atoms with Crippen molar-refractivity contribution in [3.05, 3.63) is 0 Å². The molecule has 0 aliphatic rings. The Hall–Kier alpha value is -1.34. The van der Waals surface area contributed by atoms with Gasteiger partial charge in [-0.05, 0) is 6.42 Å². The number of aliphatic hydroxyl groups is 1. The first kappa shape index (κ1) is 16.7. The molecule has 0 radical (unpaired) electrons. The Morgan fingerprint density at radius 2 is 2.06 bits per heavy atom. The predicted octanol–water partition coefficient (Wildman–Crippen LogP) is -0.108. The third-order valence-corrected chi connectivity index (χ3v) is 2.19. The Morgan fingerprint density at radius 3 is 2.61 bits per heavy atom. The number of carboxylic acids is 1. The number of carbonyl (C=O) groups excluding carboxylic acids is 1. The quantitative estimate of drug-likeness (QED) is 0.477. The summed E-state index contributed by atoms with van der Waals surface area (Å²) in [6.45, 7) is 2.87. The summed E-state index contributed by atoms with van der Waals surface area (Å²) < 4.78 is 4.78. The van der Waals surface area contributed by atoms with Gasteiger partial charge in [-0.2, -0.15) is 0 Å². The zero-order valence-corrected chi connectivity index (χ0v) is 10.7. The highest BCUT2D eigenvalue weighted by Gasteiger charge is 2.11. The molecule has 106 valence electrons. The standard InChI is InChI=1S/C11H22N2O5/c1-2-3-5-13(6-7-14)11(17)12-4-8-18-9-10(15)16/h14H,2-9H2,1H3,(H,12,17)(H,15,16). The van der Waals surface area contributed by atoms with Gasteiger partial charge in [-0.1, -0.05) is 13.3 Å². The van der Waals surface area contributed by atoms with Gasteiger partial charge in [-0.15, -0.1) is 0 Å². The summed E-state index contributed by atoms with van der Waals surface area (Å²) in [7, 11) is 0. The van der Waals surface area contributed by atoms with Crippen LogP contribution in [0.15, 0.2) is 0 Å². The summed E-state index contributed by atoms with van der Waals surface area (Å²) in [6, 6.07) is -0.267. The maximum absolute atomic E-state index is 11.7. The van der Waals surface area contributed by atoms with E-state index in [2.05, 4.69) is 5.32 Å². The lowest BCUT2D eigenvalue weighted by atomic mass is 10.3. The van der Waals surface area contributed by atoms with Gasteiger partial charge < -0.3 is 25.2 Å². The third-order valence-electron chi connectivity index (χ3n) is 2.19. The molecule has 0 fully saturated rings. The molecule has 0 rings (SSSR count). The molecule has 0 aromatic carbocycles. The number of hydrogen-bond donors (Lipinski definition) is 3. The number of unbranched alkanes of at least 4 members (excludes halogenated alkanes) is 1. The van der Waals surface area contributed by atoms with Crippen molar-refractivity contribution in [3.63, 3.8) is 0 Å². The highest BCUT2D eigenvalue weighted by Crippen LogP contribution is 1.95. The molecule has 7 heteroatoms. The van der Waals surface area contributed by atoms with Crippen molar-refractivity contribution in [2.45, 2.75) is 19.8 Å². The number of carboxylic acid groups (broad SMARTS) is 1. The van der Waals surface area contributed by atoms with Crippen molar-refractivity contribution >= 4 is 12.0 Å². The van der Waals surface area contributed by atoms with E-state index in [0.29, 0.717) is 13.1 Å². The highest BCUT2D eigenvalue weighted by molar-refractivity contribution is 5.74. The van der Waals surface area contributed by atoms with Crippen LogP contribution in [-0.2, 0) is 9.53 Å². The number of aliphatic hydroxyl groups excluding tert-OH is 1. The van der Waals surface area contributed by atoms with Crippen LogP contribution < -0.4 is 5.32 Å². The minimum Gasteiger partial charge on any atom is -0.480 e. The molecule has 3 N–H and O–H groups in total. The molecule has 0 heterocycles. The van der Waals surface area contributed by atoms with Gasteiger partial charge in [0.15, 0.2) is 0 Å². The summed E-state index contributed by atoms with van der Waals surface area (Å²) in [6.07, 6.45) is 1.85. The molecule has 0 aliphatic heterocycles. The highest BCUT2D eigenvalue weighted by atomic mass is 16.5. The maximum atomic E-state index is 11.7. The number of hydrogen-bond acceptors (Lipinski definition) is 4. The Bertz CT molecular complexity index is 248. The van der Waals surface area contributed by atoms with Gasteiger partial charge in [0.1, 0.15) is 6.61 Å². The maximum Gasteiger partial charge on any atom is 0.329 e. The fourth-order valence-corrected chi connectivity index (χ4v) is 1.29. The number of urea groups is 1. The summed E-state index contributed by atoms with van der Waals surface area (Å²) in [5.41, 5.74) is 0. The largest absolute Gasteiger partial charge is 0.480 e. The number of nitrogens with one attached hydrogen (secondary N) is 1. The summed E-state index contributed by atoms with van der Waals surface area (Å²) in [4.78, 5) is 23.4. The fourth-order valence-electron chi connectivity index (χ4n) is 1.29. The van der Waals surface area contributed by atoms with Crippen LogP contribution in [0.5, 0.6) is 0 Å². The van der Waals surface area contributed by atoms with Gasteiger partial charge in [0.25, 0.3) is 0 Å². The molecule has 0 saturated heterocycles. The van der Waals surface area contributed by atoms with E-state index in [4.69, 9.17) is 14.9 Å². The van der Waals surface area contributed by atoms with E-state index in [0.717, 1.165) is 12.8 Å². The van der Waals surface area contributed by atoms with Crippen molar-refractivity contribution in [1.29, 1.82) is 0 Å². The Balaban J connectivity index is 3.76. The lowest BCUT2D eigenvalue weighted by molar-refractivity contribution is -0.142. The molecule has 18 heavy (non-hydrogen) atoms. The smallest absolute Gasteiger partial charge is 0.329 e. The Morgan fingerprint density at radius 1 is 1.33 bits per heavy atom. The summed E-state index contributed by atoms with van der Waals surface area (Å²) in [5.74, 6) is -1.04. The molecule has 0 aromatic heterocycles. The second-order valence-corrected chi connectivity index (χ2v) is 3.74. The molecule has 2 amide bonds. The van der Waals surface area contributed by atoms with Crippen LogP contribution >= 0.6 is 0 Å². The average Bonchev–Trinajstić information content (AvgIpc) is 2.33. The van der Waals surface area contributed by atoms with Crippen LogP contribution in [-0.4, -0.2) is 66.6 Å². The van der Waals surface area contributed by atoms with E-state index < -0.39 is 5.97 Å². The molecule has 0 aliphatic carbocycles. The molecular weight excluding hydrogens is 240 g/mol. The first-order valence-corrected chi connectivity index (χ1v) is 6.05. The van der Waals surface area contributed by atoms with Gasteiger partial charge in [-0.3, -0.25) is 0 Å². The van der Waals surface area contributed by atoms with Crippen LogP contribution in [0.4, 0.5) is 4.79 Å². The molecule has 7 nitrogen and oxygen atoms in total. The lowest BCUT2D eigenvalue weighted by Gasteiger charge is -2.21. The number of carbonyl (C=O) groups is 2. The second-order valence-electron chi connectivity index (χ2n) is 3.74. The van der Waals surface area contributed by atoms with E-state index in [1.54, 1.807) is 0 Å². The average molecular weight is 262 g/mol. The second kappa shape index (κ2) is 10.8. The zero-order chi connectivity index (χ0) is 13.8. The predicted molar refractivity (Wildman–Crippen MR) is 65.4 cm³/mol. The Kier molecular flexibility index (Phi) is 9.99. The number of rotatable bonds is 10. The zero-order valence-electron chi connectivity index (χ0n) is 10.7. The van der Waals surface area contributed by atoms with Crippen molar-refractivity contribution in [2.75, 3.05) is 39.5 Å². The minimum absolute atomic E-state index is 0.0767. The van der Waals surface area contributed by atoms with Crippen LogP contribution in [0.3, 0.4) is 0 Å². The number of ether oxygens (including phenoxy) is 1. The van der Waals surface area contributed by atoms with Crippen molar-refractivity contribution in [2.24, 2.45) is 0 Å². The van der Waals surface area contributed by atoms with E-state index in [-0.39, 0.29) is 32.4 Å².